The van der Waals surface area contributed by atoms with Gasteiger partial charge in [0.15, 0.2) is 0 Å². The van der Waals surface area contributed by atoms with Gasteiger partial charge in [0.2, 0.25) is 0 Å². The van der Waals surface area contributed by atoms with Crippen molar-refractivity contribution in [1.82, 2.24) is 0 Å². The van der Waals surface area contributed by atoms with Gasteiger partial charge in [-0.25, -0.2) is 0 Å². The lowest BCUT2D eigenvalue weighted by Crippen LogP contribution is -2.29. The standard InChI is InChI=1S/C11H21Br/c1-8(2)10(12)9-6-5-7-11(9,3)4/h8-10H,5-7H2,1-4H3. The van der Waals surface area contributed by atoms with Crippen LogP contribution in [0.4, 0.5) is 0 Å². The molecule has 0 aromatic carbocycles. The SMILES string of the molecule is CC(C)C(Br)C1CCCC1(C)C. The quantitative estimate of drug-likeness (QED) is 0.626. The van der Waals surface area contributed by atoms with E-state index in [4.69, 9.17) is 0 Å². The Kier molecular flexibility index (Phi) is 3.25. The van der Waals surface area contributed by atoms with Crippen LogP contribution in [0.3, 0.4) is 0 Å². The second-order valence-electron chi connectivity index (χ2n) is 5.18. The van der Waals surface area contributed by atoms with Gasteiger partial charge in [-0.1, -0.05) is 50.0 Å². The summed E-state index contributed by atoms with van der Waals surface area (Å²) in [5.74, 6) is 1.66. The lowest BCUT2D eigenvalue weighted by Gasteiger charge is -2.33. The van der Waals surface area contributed by atoms with E-state index in [0.717, 1.165) is 16.7 Å². The molecule has 0 amide bonds. The zero-order valence-corrected chi connectivity index (χ0v) is 10.3. The van der Waals surface area contributed by atoms with Crippen molar-refractivity contribution in [3.8, 4) is 0 Å². The Bertz CT molecular complexity index is 149. The van der Waals surface area contributed by atoms with Gasteiger partial charge in [0, 0.05) is 4.83 Å². The third kappa shape index (κ3) is 2.04. The Morgan fingerprint density at radius 2 is 1.92 bits per heavy atom. The monoisotopic (exact) mass is 232 g/mol. The van der Waals surface area contributed by atoms with E-state index < -0.39 is 0 Å². The topological polar surface area (TPSA) is 0 Å². The molecule has 0 radical (unpaired) electrons. The van der Waals surface area contributed by atoms with Crippen LogP contribution in [-0.4, -0.2) is 4.83 Å². The summed E-state index contributed by atoms with van der Waals surface area (Å²) in [6.07, 6.45) is 4.25. The van der Waals surface area contributed by atoms with Crippen molar-refractivity contribution in [3.63, 3.8) is 0 Å². The molecule has 0 aliphatic heterocycles. The fourth-order valence-electron chi connectivity index (χ4n) is 2.41. The predicted octanol–water partition coefficient (Wildman–Crippen LogP) is 4.23. The van der Waals surface area contributed by atoms with Crippen molar-refractivity contribution < 1.29 is 0 Å². The van der Waals surface area contributed by atoms with E-state index in [1.165, 1.54) is 19.3 Å². The van der Waals surface area contributed by atoms with Crippen LogP contribution in [-0.2, 0) is 0 Å². The van der Waals surface area contributed by atoms with Gasteiger partial charge in [0.1, 0.15) is 0 Å². The lowest BCUT2D eigenvalue weighted by molar-refractivity contribution is 0.235. The molecule has 0 saturated heterocycles. The molecule has 0 bridgehead atoms. The van der Waals surface area contributed by atoms with Crippen molar-refractivity contribution in [2.75, 3.05) is 0 Å². The highest BCUT2D eigenvalue weighted by molar-refractivity contribution is 9.09. The Morgan fingerprint density at radius 1 is 1.33 bits per heavy atom. The van der Waals surface area contributed by atoms with Gasteiger partial charge < -0.3 is 0 Å². The van der Waals surface area contributed by atoms with E-state index in [1.807, 2.05) is 0 Å². The summed E-state index contributed by atoms with van der Waals surface area (Å²) >= 11 is 3.84. The van der Waals surface area contributed by atoms with Gasteiger partial charge in [-0.05, 0) is 30.1 Å². The number of alkyl halides is 1. The summed E-state index contributed by atoms with van der Waals surface area (Å²) in [4.78, 5) is 0.718. The number of rotatable bonds is 2. The number of hydrogen-bond donors (Lipinski definition) is 0. The molecular weight excluding hydrogens is 212 g/mol. The summed E-state index contributed by atoms with van der Waals surface area (Å²) in [7, 11) is 0. The average molecular weight is 233 g/mol. The van der Waals surface area contributed by atoms with E-state index in [2.05, 4.69) is 43.6 Å². The molecule has 1 aliphatic carbocycles. The molecule has 0 spiro atoms. The third-order valence-electron chi connectivity index (χ3n) is 3.36. The van der Waals surface area contributed by atoms with Crippen LogP contribution in [0.2, 0.25) is 0 Å². The Labute approximate surface area is 85.3 Å². The van der Waals surface area contributed by atoms with Crippen LogP contribution in [0.25, 0.3) is 0 Å². The highest BCUT2D eigenvalue weighted by Crippen LogP contribution is 2.47. The molecule has 0 aromatic heterocycles. The van der Waals surface area contributed by atoms with Crippen molar-refractivity contribution in [3.05, 3.63) is 0 Å². The van der Waals surface area contributed by atoms with Crippen molar-refractivity contribution >= 4 is 15.9 Å². The summed E-state index contributed by atoms with van der Waals surface area (Å²) in [5.41, 5.74) is 0.568. The van der Waals surface area contributed by atoms with Crippen LogP contribution in [0, 0.1) is 17.3 Å². The van der Waals surface area contributed by atoms with Gasteiger partial charge in [-0.15, -0.1) is 0 Å². The van der Waals surface area contributed by atoms with Crippen LogP contribution >= 0.6 is 15.9 Å². The molecule has 72 valence electrons. The van der Waals surface area contributed by atoms with Gasteiger partial charge in [-0.3, -0.25) is 0 Å². The van der Waals surface area contributed by atoms with Crippen molar-refractivity contribution in [2.24, 2.45) is 17.3 Å². The van der Waals surface area contributed by atoms with Crippen molar-refractivity contribution in [2.45, 2.75) is 51.8 Å². The number of hydrogen-bond acceptors (Lipinski definition) is 0. The maximum Gasteiger partial charge on any atom is 0.0202 e. The van der Waals surface area contributed by atoms with E-state index in [0.29, 0.717) is 5.41 Å². The first-order valence-electron chi connectivity index (χ1n) is 5.09. The van der Waals surface area contributed by atoms with E-state index in [1.54, 1.807) is 0 Å². The molecule has 0 aromatic rings. The molecular formula is C11H21Br. The van der Waals surface area contributed by atoms with Crippen LogP contribution < -0.4 is 0 Å². The molecule has 2 atom stereocenters. The first-order valence-corrected chi connectivity index (χ1v) is 6.01. The molecule has 2 unspecified atom stereocenters. The fourth-order valence-corrected chi connectivity index (χ4v) is 3.39. The first kappa shape index (κ1) is 10.6. The minimum atomic E-state index is 0.568. The van der Waals surface area contributed by atoms with Crippen LogP contribution in [0.15, 0.2) is 0 Å². The van der Waals surface area contributed by atoms with Gasteiger partial charge in [0.05, 0.1) is 0 Å². The second kappa shape index (κ2) is 3.69. The van der Waals surface area contributed by atoms with Gasteiger partial charge >= 0.3 is 0 Å². The normalized spacial score (nSPS) is 31.0. The third-order valence-corrected chi connectivity index (χ3v) is 5.06. The summed E-state index contributed by atoms with van der Waals surface area (Å²) in [6.45, 7) is 9.46. The van der Waals surface area contributed by atoms with Crippen LogP contribution in [0.5, 0.6) is 0 Å². The second-order valence-corrected chi connectivity index (χ2v) is 6.23. The summed E-state index contributed by atoms with van der Waals surface area (Å²) < 4.78 is 0. The Balaban J connectivity index is 2.62. The Hall–Kier alpha value is 0.480. The molecule has 1 rings (SSSR count). The lowest BCUT2D eigenvalue weighted by atomic mass is 9.77. The predicted molar refractivity (Wildman–Crippen MR) is 58.7 cm³/mol. The van der Waals surface area contributed by atoms with E-state index in [-0.39, 0.29) is 0 Å². The first-order chi connectivity index (χ1) is 5.45. The van der Waals surface area contributed by atoms with Crippen LogP contribution in [0.1, 0.15) is 47.0 Å². The fraction of sp³-hybridized carbons (Fsp3) is 1.00. The largest absolute Gasteiger partial charge is 0.0885 e. The molecule has 0 heterocycles. The smallest absolute Gasteiger partial charge is 0.0202 e. The Morgan fingerprint density at radius 3 is 2.25 bits per heavy atom. The zero-order chi connectivity index (χ0) is 9.35. The molecule has 1 saturated carbocycles. The molecule has 12 heavy (non-hydrogen) atoms. The summed E-state index contributed by atoms with van der Waals surface area (Å²) in [5, 5.41) is 0. The molecule has 1 aliphatic rings. The summed E-state index contributed by atoms with van der Waals surface area (Å²) in [6, 6.07) is 0. The van der Waals surface area contributed by atoms with Gasteiger partial charge in [-0.2, -0.15) is 0 Å². The maximum atomic E-state index is 3.84. The molecule has 0 nitrogen and oxygen atoms in total. The molecule has 0 N–H and O–H groups in total. The van der Waals surface area contributed by atoms with E-state index in [9.17, 15) is 0 Å². The molecule has 1 heteroatoms. The highest BCUT2D eigenvalue weighted by Gasteiger charge is 2.39. The molecule has 1 fully saturated rings. The highest BCUT2D eigenvalue weighted by atomic mass is 79.9. The maximum absolute atomic E-state index is 3.84. The van der Waals surface area contributed by atoms with Crippen molar-refractivity contribution in [1.29, 1.82) is 0 Å². The zero-order valence-electron chi connectivity index (χ0n) is 8.73. The van der Waals surface area contributed by atoms with Gasteiger partial charge in [0.25, 0.3) is 0 Å². The average Bonchev–Trinajstić information content (AvgIpc) is 2.27. The minimum absolute atomic E-state index is 0.568. The van der Waals surface area contributed by atoms with E-state index >= 15 is 0 Å². The number of halogens is 1. The minimum Gasteiger partial charge on any atom is -0.0885 e.